The topological polar surface area (TPSA) is 77.0 Å². The molecule has 1 aromatic carbocycles. The monoisotopic (exact) mass is 448 g/mol. The van der Waals surface area contributed by atoms with Gasteiger partial charge in [-0.25, -0.2) is 4.79 Å². The summed E-state index contributed by atoms with van der Waals surface area (Å²) in [4.78, 5) is 30.7. The van der Waals surface area contributed by atoms with Crippen LogP contribution in [0.5, 0.6) is 0 Å². The minimum Gasteiger partial charge on any atom is -0.453 e. The molecular formula is C27H32N2O4. The lowest BCUT2D eigenvalue weighted by molar-refractivity contribution is -0.160. The Morgan fingerprint density at radius 3 is 2.70 bits per heavy atom. The number of hydrogen-bond donors (Lipinski definition) is 1. The Bertz CT molecular complexity index is 995. The van der Waals surface area contributed by atoms with Crippen LogP contribution in [-0.4, -0.2) is 49.5 Å². The summed E-state index contributed by atoms with van der Waals surface area (Å²) in [6.07, 6.45) is 13.1. The number of carbonyl (C=O) groups is 2. The molecule has 0 aromatic heterocycles. The summed E-state index contributed by atoms with van der Waals surface area (Å²) in [6.45, 7) is 7.77. The van der Waals surface area contributed by atoms with Gasteiger partial charge in [0.15, 0.2) is 6.10 Å². The maximum absolute atomic E-state index is 13.3. The van der Waals surface area contributed by atoms with E-state index in [0.717, 1.165) is 11.1 Å². The van der Waals surface area contributed by atoms with Gasteiger partial charge >= 0.3 is 5.97 Å². The van der Waals surface area contributed by atoms with Crippen molar-refractivity contribution >= 4 is 18.1 Å². The number of nitrogens with zero attached hydrogens (tertiary/aromatic N) is 1. The second kappa shape index (κ2) is 10.6. The third kappa shape index (κ3) is 5.96. The first-order valence-electron chi connectivity index (χ1n) is 11.1. The van der Waals surface area contributed by atoms with Crippen molar-refractivity contribution in [2.75, 3.05) is 13.7 Å². The second-order valence-electron chi connectivity index (χ2n) is 8.80. The van der Waals surface area contributed by atoms with Crippen molar-refractivity contribution < 1.29 is 19.1 Å². The summed E-state index contributed by atoms with van der Waals surface area (Å²) < 4.78 is 11.6. The minimum absolute atomic E-state index is 0.268. The van der Waals surface area contributed by atoms with E-state index in [1.165, 1.54) is 0 Å². The minimum atomic E-state index is -0.857. The zero-order valence-electron chi connectivity index (χ0n) is 19.5. The number of esters is 1. The SMILES string of the molecule is C=CCC1=CC(C)(OC)C(OC(=O)C(Cc2ccccc2)NC(=O)C2(C)C=CC=NC2)C=C1. The fraction of sp³-hybridized carbons (Fsp3) is 0.370. The van der Waals surface area contributed by atoms with Crippen molar-refractivity contribution in [3.05, 3.63) is 84.5 Å². The molecule has 1 aromatic rings. The highest BCUT2D eigenvalue weighted by atomic mass is 16.6. The van der Waals surface area contributed by atoms with E-state index in [1.807, 2.05) is 61.6 Å². The molecule has 1 aliphatic carbocycles. The van der Waals surface area contributed by atoms with E-state index in [2.05, 4.69) is 16.9 Å². The van der Waals surface area contributed by atoms with Crippen molar-refractivity contribution in [1.82, 2.24) is 5.32 Å². The number of dihydropyridines is 1. The van der Waals surface area contributed by atoms with Crippen molar-refractivity contribution in [2.45, 2.75) is 44.4 Å². The quantitative estimate of drug-likeness (QED) is 0.461. The van der Waals surface area contributed by atoms with Gasteiger partial charge in [0.2, 0.25) is 5.91 Å². The van der Waals surface area contributed by atoms with E-state index >= 15 is 0 Å². The number of carbonyl (C=O) groups excluding carboxylic acids is 2. The first-order chi connectivity index (χ1) is 15.8. The molecule has 2 aliphatic rings. The Balaban J connectivity index is 1.79. The molecule has 1 aliphatic heterocycles. The molecular weight excluding hydrogens is 416 g/mol. The largest absolute Gasteiger partial charge is 0.453 e. The standard InChI is InChI=1S/C27H32N2O4/c1-5-10-21-13-14-23(27(3,18-21)32-4)33-24(30)22(17-20-11-7-6-8-12-20)29-25(31)26(2)15-9-16-28-19-26/h5-9,11-16,18,22-23H,1,10,17,19H2,2-4H3,(H,29,31). The van der Waals surface area contributed by atoms with Crippen LogP contribution in [0.3, 0.4) is 0 Å². The van der Waals surface area contributed by atoms with Crippen LogP contribution >= 0.6 is 0 Å². The van der Waals surface area contributed by atoms with Gasteiger partial charge in [0.1, 0.15) is 11.6 Å². The van der Waals surface area contributed by atoms with Gasteiger partial charge in [-0.3, -0.25) is 9.79 Å². The molecule has 4 unspecified atom stereocenters. The van der Waals surface area contributed by atoms with Crippen molar-refractivity contribution in [3.63, 3.8) is 0 Å². The van der Waals surface area contributed by atoms with Crippen molar-refractivity contribution in [2.24, 2.45) is 10.4 Å². The van der Waals surface area contributed by atoms with Crippen LogP contribution in [0.2, 0.25) is 0 Å². The highest BCUT2D eigenvalue weighted by Gasteiger charge is 2.39. The lowest BCUT2D eigenvalue weighted by Crippen LogP contribution is -2.52. The normalized spacial score (nSPS) is 26.9. The molecule has 1 N–H and O–H groups in total. The summed E-state index contributed by atoms with van der Waals surface area (Å²) in [6, 6.07) is 8.69. The number of hydrogen-bond acceptors (Lipinski definition) is 5. The van der Waals surface area contributed by atoms with Gasteiger partial charge in [-0.2, -0.15) is 0 Å². The summed E-state index contributed by atoms with van der Waals surface area (Å²) >= 11 is 0. The van der Waals surface area contributed by atoms with E-state index < -0.39 is 29.1 Å². The predicted octanol–water partition coefficient (Wildman–Crippen LogP) is 3.75. The maximum atomic E-state index is 13.3. The van der Waals surface area contributed by atoms with Crippen LogP contribution < -0.4 is 5.32 Å². The van der Waals surface area contributed by atoms with Gasteiger partial charge in [0.25, 0.3) is 0 Å². The molecule has 6 nitrogen and oxygen atoms in total. The van der Waals surface area contributed by atoms with E-state index in [1.54, 1.807) is 32.4 Å². The number of allylic oxidation sites excluding steroid dienone is 4. The van der Waals surface area contributed by atoms with E-state index in [-0.39, 0.29) is 5.91 Å². The lowest BCUT2D eigenvalue weighted by atomic mass is 9.87. The van der Waals surface area contributed by atoms with Gasteiger partial charge in [0, 0.05) is 19.7 Å². The Morgan fingerprint density at radius 1 is 1.30 bits per heavy atom. The smallest absolute Gasteiger partial charge is 0.329 e. The molecule has 4 atom stereocenters. The number of ether oxygens (including phenoxy) is 2. The lowest BCUT2D eigenvalue weighted by Gasteiger charge is -2.35. The van der Waals surface area contributed by atoms with Crippen LogP contribution in [-0.2, 0) is 25.5 Å². The average molecular weight is 449 g/mol. The van der Waals surface area contributed by atoms with Crippen LogP contribution in [0.1, 0.15) is 25.8 Å². The molecule has 3 rings (SSSR count). The van der Waals surface area contributed by atoms with Gasteiger partial charge in [0.05, 0.1) is 12.0 Å². The van der Waals surface area contributed by atoms with Crippen LogP contribution in [0, 0.1) is 5.41 Å². The Kier molecular flexibility index (Phi) is 7.82. The van der Waals surface area contributed by atoms with E-state index in [9.17, 15) is 9.59 Å². The zero-order chi connectivity index (χ0) is 23.9. The average Bonchev–Trinajstić information content (AvgIpc) is 2.81. The molecule has 0 radical (unpaired) electrons. The maximum Gasteiger partial charge on any atom is 0.329 e. The molecule has 0 saturated heterocycles. The molecule has 174 valence electrons. The molecule has 0 spiro atoms. The second-order valence-corrected chi connectivity index (χ2v) is 8.80. The fourth-order valence-electron chi connectivity index (χ4n) is 3.86. The first kappa shape index (κ1) is 24.4. The number of methoxy groups -OCH3 is 1. The van der Waals surface area contributed by atoms with Gasteiger partial charge in [-0.15, -0.1) is 6.58 Å². The fourth-order valence-corrected chi connectivity index (χ4v) is 3.86. The number of nitrogens with one attached hydrogen (secondary N) is 1. The highest BCUT2D eigenvalue weighted by Crippen LogP contribution is 2.29. The third-order valence-electron chi connectivity index (χ3n) is 6.05. The molecule has 33 heavy (non-hydrogen) atoms. The molecule has 1 amide bonds. The molecule has 6 heteroatoms. The summed E-state index contributed by atoms with van der Waals surface area (Å²) in [5, 5.41) is 2.91. The van der Waals surface area contributed by atoms with Crippen LogP contribution in [0.25, 0.3) is 0 Å². The van der Waals surface area contributed by atoms with Gasteiger partial charge in [-0.05, 0) is 49.6 Å². The summed E-state index contributed by atoms with van der Waals surface area (Å²) in [5.41, 5.74) is 0.312. The van der Waals surface area contributed by atoms with Crippen LogP contribution in [0.4, 0.5) is 0 Å². The molecule has 0 fully saturated rings. The van der Waals surface area contributed by atoms with E-state index in [0.29, 0.717) is 19.4 Å². The number of amides is 1. The summed E-state index contributed by atoms with van der Waals surface area (Å²) in [7, 11) is 1.59. The molecule has 0 bridgehead atoms. The molecule has 1 heterocycles. The zero-order valence-corrected chi connectivity index (χ0v) is 19.5. The first-order valence-corrected chi connectivity index (χ1v) is 11.1. The number of rotatable bonds is 9. The Morgan fingerprint density at radius 2 is 2.06 bits per heavy atom. The van der Waals surface area contributed by atoms with Crippen molar-refractivity contribution in [3.8, 4) is 0 Å². The number of aliphatic imine (C=N–C) groups is 1. The van der Waals surface area contributed by atoms with Gasteiger partial charge < -0.3 is 14.8 Å². The highest BCUT2D eigenvalue weighted by molar-refractivity contribution is 5.91. The Hall–Kier alpha value is -3.25. The van der Waals surface area contributed by atoms with E-state index in [4.69, 9.17) is 9.47 Å². The van der Waals surface area contributed by atoms with Crippen LogP contribution in [0.15, 0.2) is 83.9 Å². The third-order valence-corrected chi connectivity index (χ3v) is 6.05. The van der Waals surface area contributed by atoms with Gasteiger partial charge in [-0.1, -0.05) is 48.6 Å². The number of benzene rings is 1. The predicted molar refractivity (Wildman–Crippen MR) is 130 cm³/mol. The molecule has 0 saturated carbocycles. The summed E-state index contributed by atoms with van der Waals surface area (Å²) in [5.74, 6) is -0.784. The van der Waals surface area contributed by atoms with Crippen molar-refractivity contribution in [1.29, 1.82) is 0 Å². The Labute approximate surface area is 195 Å².